The lowest BCUT2D eigenvalue weighted by Gasteiger charge is -2.39. The first-order valence-corrected chi connectivity index (χ1v) is 7.28. The van der Waals surface area contributed by atoms with Gasteiger partial charge in [0.2, 0.25) is 0 Å². The van der Waals surface area contributed by atoms with Crippen LogP contribution in [0, 0.1) is 0 Å². The summed E-state index contributed by atoms with van der Waals surface area (Å²) >= 11 is 1.75. The van der Waals surface area contributed by atoms with Crippen LogP contribution in [0.1, 0.15) is 18.4 Å². The first-order chi connectivity index (χ1) is 8.33. The molecule has 0 amide bonds. The Balaban J connectivity index is 0.00000120. The van der Waals surface area contributed by atoms with Crippen molar-refractivity contribution >= 4 is 34.9 Å². The van der Waals surface area contributed by atoms with Gasteiger partial charge in [0.1, 0.15) is 10.7 Å². The molecule has 0 bridgehead atoms. The Labute approximate surface area is 118 Å². The van der Waals surface area contributed by atoms with Gasteiger partial charge < -0.3 is 10.6 Å². The van der Waals surface area contributed by atoms with Crippen molar-refractivity contribution in [3.8, 4) is 0 Å². The van der Waals surface area contributed by atoms with E-state index in [0.29, 0.717) is 0 Å². The predicted molar refractivity (Wildman–Crippen MR) is 82.2 cm³/mol. The number of anilines is 1. The molecule has 3 rings (SSSR count). The Kier molecular flexibility index (Phi) is 4.20. The molecule has 2 N–H and O–H groups in total. The fraction of sp³-hybridized carbons (Fsp3) is 0.462. The van der Waals surface area contributed by atoms with Crippen LogP contribution in [0.5, 0.6) is 0 Å². The van der Waals surface area contributed by atoms with E-state index in [2.05, 4.69) is 41.2 Å². The van der Waals surface area contributed by atoms with E-state index < -0.39 is 0 Å². The molecule has 0 aromatic heterocycles. The lowest BCUT2D eigenvalue weighted by molar-refractivity contribution is 0.350. The molecule has 0 saturated carbocycles. The Hall–Kier alpha value is -0.710. The molecule has 5 heteroatoms. The SMILES string of the molecule is CSC1=NC2(CCNCC2)Nc2ccccc21.Cl. The van der Waals surface area contributed by atoms with Gasteiger partial charge in [-0.1, -0.05) is 18.2 Å². The molecule has 1 saturated heterocycles. The fourth-order valence-corrected chi connectivity index (χ4v) is 3.21. The van der Waals surface area contributed by atoms with Gasteiger partial charge >= 0.3 is 0 Å². The number of nitrogens with one attached hydrogen (secondary N) is 2. The number of nitrogens with zero attached hydrogens (tertiary/aromatic N) is 1. The second-order valence-electron chi connectivity index (χ2n) is 4.57. The maximum Gasteiger partial charge on any atom is 0.133 e. The third-order valence-electron chi connectivity index (χ3n) is 3.46. The van der Waals surface area contributed by atoms with E-state index in [4.69, 9.17) is 4.99 Å². The molecule has 2 aliphatic heterocycles. The number of fused-ring (bicyclic) bond motifs is 1. The number of halogens is 1. The average Bonchev–Trinajstić information content (AvgIpc) is 2.38. The molecule has 0 aliphatic carbocycles. The summed E-state index contributed by atoms with van der Waals surface area (Å²) in [5.41, 5.74) is 2.40. The van der Waals surface area contributed by atoms with Crippen molar-refractivity contribution in [2.45, 2.75) is 18.5 Å². The van der Waals surface area contributed by atoms with Crippen LogP contribution in [0.4, 0.5) is 5.69 Å². The van der Waals surface area contributed by atoms with Crippen molar-refractivity contribution in [3.63, 3.8) is 0 Å². The van der Waals surface area contributed by atoms with E-state index in [1.165, 1.54) is 16.3 Å². The standard InChI is InChI=1S/C13H17N3S.ClH/c1-17-12-10-4-2-3-5-11(10)15-13(16-12)6-8-14-9-7-13;/h2-5,14-15H,6-9H2,1H3;1H. The van der Waals surface area contributed by atoms with Crippen LogP contribution in [-0.2, 0) is 0 Å². The second-order valence-corrected chi connectivity index (χ2v) is 5.37. The number of hydrogen-bond acceptors (Lipinski definition) is 4. The zero-order valence-electron chi connectivity index (χ0n) is 10.4. The van der Waals surface area contributed by atoms with Gasteiger partial charge in [-0.05, 0) is 25.4 Å². The highest BCUT2D eigenvalue weighted by Gasteiger charge is 2.35. The highest BCUT2D eigenvalue weighted by atomic mass is 35.5. The molecule has 0 radical (unpaired) electrons. The molecule has 2 heterocycles. The molecule has 1 spiro atoms. The van der Waals surface area contributed by atoms with Crippen molar-refractivity contribution in [3.05, 3.63) is 29.8 Å². The highest BCUT2D eigenvalue weighted by molar-refractivity contribution is 8.13. The molecule has 3 nitrogen and oxygen atoms in total. The monoisotopic (exact) mass is 283 g/mol. The first kappa shape index (κ1) is 13.7. The molecule has 1 aromatic rings. The van der Waals surface area contributed by atoms with E-state index >= 15 is 0 Å². The maximum absolute atomic E-state index is 4.96. The molecular weight excluding hydrogens is 266 g/mol. The number of thioether (sulfide) groups is 1. The number of rotatable bonds is 0. The highest BCUT2D eigenvalue weighted by Crippen LogP contribution is 2.35. The van der Waals surface area contributed by atoms with Crippen LogP contribution in [0.2, 0.25) is 0 Å². The summed E-state index contributed by atoms with van der Waals surface area (Å²) < 4.78 is 0. The van der Waals surface area contributed by atoms with E-state index in [9.17, 15) is 0 Å². The summed E-state index contributed by atoms with van der Waals surface area (Å²) in [6.45, 7) is 2.08. The summed E-state index contributed by atoms with van der Waals surface area (Å²) in [6, 6.07) is 8.46. The lowest BCUT2D eigenvalue weighted by Crippen LogP contribution is -2.48. The summed E-state index contributed by atoms with van der Waals surface area (Å²) in [5, 5.41) is 8.20. The fourth-order valence-electron chi connectivity index (χ4n) is 2.54. The van der Waals surface area contributed by atoms with Gasteiger partial charge in [0.15, 0.2) is 0 Å². The van der Waals surface area contributed by atoms with Crippen LogP contribution in [-0.4, -0.2) is 30.1 Å². The van der Waals surface area contributed by atoms with E-state index in [1.54, 1.807) is 11.8 Å². The van der Waals surface area contributed by atoms with Gasteiger partial charge in [-0.15, -0.1) is 24.2 Å². The smallest absolute Gasteiger partial charge is 0.133 e. The third-order valence-corrected chi connectivity index (χ3v) is 4.16. The van der Waals surface area contributed by atoms with E-state index in [0.717, 1.165) is 25.9 Å². The Morgan fingerprint density at radius 3 is 2.67 bits per heavy atom. The number of hydrogen-bond donors (Lipinski definition) is 2. The zero-order valence-corrected chi connectivity index (χ0v) is 12.0. The molecule has 98 valence electrons. The van der Waals surface area contributed by atoms with Gasteiger partial charge in [-0.3, -0.25) is 0 Å². The zero-order chi connectivity index (χ0) is 11.7. The summed E-state index contributed by atoms with van der Waals surface area (Å²) in [5.74, 6) is 0. The van der Waals surface area contributed by atoms with Crippen molar-refractivity contribution < 1.29 is 0 Å². The molecule has 1 aromatic carbocycles. The Morgan fingerprint density at radius 2 is 1.94 bits per heavy atom. The number of aliphatic imine (C=N–C) groups is 1. The average molecular weight is 284 g/mol. The predicted octanol–water partition coefficient (Wildman–Crippen LogP) is 2.72. The van der Waals surface area contributed by atoms with Crippen molar-refractivity contribution in [1.82, 2.24) is 5.32 Å². The van der Waals surface area contributed by atoms with Crippen molar-refractivity contribution in [2.75, 3.05) is 24.7 Å². The van der Waals surface area contributed by atoms with Gasteiger partial charge in [0.25, 0.3) is 0 Å². The maximum atomic E-state index is 4.96. The minimum atomic E-state index is -0.0715. The lowest BCUT2D eigenvalue weighted by atomic mass is 9.95. The van der Waals surface area contributed by atoms with Crippen LogP contribution in [0.15, 0.2) is 29.3 Å². The largest absolute Gasteiger partial charge is 0.361 e. The van der Waals surface area contributed by atoms with Crippen LogP contribution < -0.4 is 10.6 Å². The summed E-state index contributed by atoms with van der Waals surface area (Å²) in [6.07, 6.45) is 4.23. The Bertz CT molecular complexity index is 455. The molecule has 18 heavy (non-hydrogen) atoms. The Morgan fingerprint density at radius 1 is 1.22 bits per heavy atom. The van der Waals surface area contributed by atoms with Crippen LogP contribution in [0.25, 0.3) is 0 Å². The second kappa shape index (κ2) is 5.51. The van der Waals surface area contributed by atoms with Crippen LogP contribution >= 0.6 is 24.2 Å². The summed E-state index contributed by atoms with van der Waals surface area (Å²) in [7, 11) is 0. The van der Waals surface area contributed by atoms with Gasteiger partial charge in [0.05, 0.1) is 0 Å². The molecule has 1 fully saturated rings. The van der Waals surface area contributed by atoms with Crippen molar-refractivity contribution in [1.29, 1.82) is 0 Å². The minimum Gasteiger partial charge on any atom is -0.361 e. The van der Waals surface area contributed by atoms with Crippen molar-refractivity contribution in [2.24, 2.45) is 4.99 Å². The first-order valence-electron chi connectivity index (χ1n) is 6.05. The quantitative estimate of drug-likeness (QED) is 0.769. The minimum absolute atomic E-state index is 0. The normalized spacial score (nSPS) is 20.4. The number of benzene rings is 1. The van der Waals surface area contributed by atoms with Gasteiger partial charge in [0, 0.05) is 24.1 Å². The molecule has 0 atom stereocenters. The van der Waals surface area contributed by atoms with Gasteiger partial charge in [-0.25, -0.2) is 4.99 Å². The number of piperidine rings is 1. The topological polar surface area (TPSA) is 36.4 Å². The van der Waals surface area contributed by atoms with E-state index in [-0.39, 0.29) is 18.1 Å². The summed E-state index contributed by atoms with van der Waals surface area (Å²) in [4.78, 5) is 4.96. The molecule has 2 aliphatic rings. The van der Waals surface area contributed by atoms with Crippen LogP contribution in [0.3, 0.4) is 0 Å². The third kappa shape index (κ3) is 2.37. The van der Waals surface area contributed by atoms with E-state index in [1.807, 2.05) is 0 Å². The molecule has 0 unspecified atom stereocenters. The van der Waals surface area contributed by atoms with Gasteiger partial charge in [-0.2, -0.15) is 0 Å². The molecular formula is C13H18ClN3S. The number of para-hydroxylation sites is 1.